The van der Waals surface area contributed by atoms with Gasteiger partial charge in [0.2, 0.25) is 0 Å². The summed E-state index contributed by atoms with van der Waals surface area (Å²) in [6, 6.07) is 14.2. The van der Waals surface area contributed by atoms with Gasteiger partial charge in [-0.2, -0.15) is 0 Å². The van der Waals surface area contributed by atoms with Gasteiger partial charge in [-0.3, -0.25) is 0 Å². The van der Waals surface area contributed by atoms with Crippen molar-refractivity contribution in [1.82, 2.24) is 0 Å². The first-order chi connectivity index (χ1) is 8.28. The molecule has 0 saturated carbocycles. The van der Waals surface area contributed by atoms with Gasteiger partial charge in [-0.25, -0.2) is 4.39 Å². The van der Waals surface area contributed by atoms with Gasteiger partial charge in [0.05, 0.1) is 0 Å². The molecule has 2 aromatic rings. The largest absolute Gasteiger partial charge is 0.489 e. The van der Waals surface area contributed by atoms with E-state index >= 15 is 0 Å². The van der Waals surface area contributed by atoms with Crippen molar-refractivity contribution >= 4 is 0 Å². The Balaban J connectivity index is 2.06. The summed E-state index contributed by atoms with van der Waals surface area (Å²) in [5, 5.41) is 0. The number of nitrogens with two attached hydrogens (primary N) is 1. The fourth-order valence-electron chi connectivity index (χ4n) is 1.60. The Kier molecular flexibility index (Phi) is 3.73. The van der Waals surface area contributed by atoms with Crippen LogP contribution in [0.5, 0.6) is 5.75 Å². The predicted molar refractivity (Wildman–Crippen MR) is 65.1 cm³/mol. The maximum Gasteiger partial charge on any atom is 0.123 e. The van der Waals surface area contributed by atoms with Crippen LogP contribution in [0.15, 0.2) is 48.5 Å². The predicted octanol–water partition coefficient (Wildman–Crippen LogP) is 2.86. The highest BCUT2D eigenvalue weighted by Crippen LogP contribution is 2.14. The summed E-state index contributed by atoms with van der Waals surface area (Å²) in [6.07, 6.45) is 0. The molecule has 88 valence electrons. The lowest BCUT2D eigenvalue weighted by molar-refractivity contribution is 0.305. The van der Waals surface area contributed by atoms with Gasteiger partial charge in [-0.1, -0.05) is 24.3 Å². The van der Waals surface area contributed by atoms with Crippen molar-refractivity contribution in [3.05, 3.63) is 65.5 Å². The van der Waals surface area contributed by atoms with Crippen molar-refractivity contribution in [2.45, 2.75) is 13.2 Å². The van der Waals surface area contributed by atoms with E-state index in [0.717, 1.165) is 16.9 Å². The topological polar surface area (TPSA) is 35.2 Å². The minimum absolute atomic E-state index is 0.278. The first kappa shape index (κ1) is 11.6. The van der Waals surface area contributed by atoms with E-state index in [2.05, 4.69) is 0 Å². The lowest BCUT2D eigenvalue weighted by Crippen LogP contribution is -2.01. The Morgan fingerprint density at radius 3 is 2.41 bits per heavy atom. The van der Waals surface area contributed by atoms with E-state index in [-0.39, 0.29) is 5.82 Å². The second kappa shape index (κ2) is 5.46. The zero-order valence-corrected chi connectivity index (χ0v) is 9.40. The third-order valence-electron chi connectivity index (χ3n) is 2.40. The lowest BCUT2D eigenvalue weighted by Gasteiger charge is -2.07. The average Bonchev–Trinajstić information content (AvgIpc) is 2.37. The van der Waals surface area contributed by atoms with E-state index in [0.29, 0.717) is 13.2 Å². The van der Waals surface area contributed by atoms with Crippen molar-refractivity contribution in [3.8, 4) is 5.75 Å². The Hall–Kier alpha value is -1.87. The molecule has 0 aliphatic heterocycles. The molecule has 0 aliphatic carbocycles. The maximum atomic E-state index is 13.2. The minimum atomic E-state index is -0.278. The molecule has 17 heavy (non-hydrogen) atoms. The SMILES string of the molecule is NCc1cc(F)cc(COc2ccccc2)c1. The van der Waals surface area contributed by atoms with Gasteiger partial charge in [0.1, 0.15) is 18.2 Å². The molecule has 2 nitrogen and oxygen atoms in total. The van der Waals surface area contributed by atoms with Crippen molar-refractivity contribution in [2.24, 2.45) is 5.73 Å². The molecule has 0 aromatic heterocycles. The van der Waals surface area contributed by atoms with E-state index in [1.165, 1.54) is 12.1 Å². The standard InChI is InChI=1S/C14H14FNO/c15-13-7-11(9-16)6-12(8-13)10-17-14-4-2-1-3-5-14/h1-8H,9-10,16H2. The zero-order valence-electron chi connectivity index (χ0n) is 9.40. The number of hydrogen-bond donors (Lipinski definition) is 1. The Labute approximate surface area is 99.8 Å². The highest BCUT2D eigenvalue weighted by Gasteiger charge is 2.01. The van der Waals surface area contributed by atoms with Gasteiger partial charge in [-0.05, 0) is 35.4 Å². The lowest BCUT2D eigenvalue weighted by atomic mass is 10.1. The van der Waals surface area contributed by atoms with Crippen molar-refractivity contribution in [1.29, 1.82) is 0 Å². The number of hydrogen-bond acceptors (Lipinski definition) is 2. The summed E-state index contributed by atoms with van der Waals surface area (Å²) in [7, 11) is 0. The van der Waals surface area contributed by atoms with E-state index in [4.69, 9.17) is 10.5 Å². The molecule has 2 rings (SSSR count). The third kappa shape index (κ3) is 3.29. The molecule has 0 aliphatic rings. The van der Waals surface area contributed by atoms with Crippen LogP contribution >= 0.6 is 0 Å². The fraction of sp³-hybridized carbons (Fsp3) is 0.143. The highest BCUT2D eigenvalue weighted by atomic mass is 19.1. The quantitative estimate of drug-likeness (QED) is 0.878. The van der Waals surface area contributed by atoms with Crippen LogP contribution in [0.25, 0.3) is 0 Å². The molecule has 2 aromatic carbocycles. The van der Waals surface area contributed by atoms with E-state index in [9.17, 15) is 4.39 Å². The number of benzene rings is 2. The molecule has 0 spiro atoms. The van der Waals surface area contributed by atoms with Gasteiger partial charge in [0.15, 0.2) is 0 Å². The van der Waals surface area contributed by atoms with Crippen LogP contribution in [0, 0.1) is 5.82 Å². The highest BCUT2D eigenvalue weighted by molar-refractivity contribution is 5.26. The first-order valence-electron chi connectivity index (χ1n) is 5.44. The zero-order chi connectivity index (χ0) is 12.1. The molecule has 0 heterocycles. The maximum absolute atomic E-state index is 13.2. The molecule has 0 saturated heterocycles. The van der Waals surface area contributed by atoms with Gasteiger partial charge in [0, 0.05) is 6.54 Å². The van der Waals surface area contributed by atoms with E-state index in [1.807, 2.05) is 36.4 Å². The summed E-state index contributed by atoms with van der Waals surface area (Å²) in [5.74, 6) is 0.491. The van der Waals surface area contributed by atoms with Crippen LogP contribution in [0.2, 0.25) is 0 Å². The normalized spacial score (nSPS) is 10.2. The molecule has 0 fully saturated rings. The molecular weight excluding hydrogens is 217 g/mol. The first-order valence-corrected chi connectivity index (χ1v) is 5.44. The fourth-order valence-corrected chi connectivity index (χ4v) is 1.60. The van der Waals surface area contributed by atoms with Crippen molar-refractivity contribution < 1.29 is 9.13 Å². The molecule has 0 radical (unpaired) electrons. The van der Waals surface area contributed by atoms with Gasteiger partial charge >= 0.3 is 0 Å². The molecule has 3 heteroatoms. The van der Waals surface area contributed by atoms with Crippen LogP contribution in [0.1, 0.15) is 11.1 Å². The summed E-state index contributed by atoms with van der Waals surface area (Å²) >= 11 is 0. The molecular formula is C14H14FNO. The molecule has 0 atom stereocenters. The van der Waals surface area contributed by atoms with Crippen LogP contribution < -0.4 is 10.5 Å². The number of para-hydroxylation sites is 1. The number of halogens is 1. The third-order valence-corrected chi connectivity index (χ3v) is 2.40. The molecule has 0 amide bonds. The van der Waals surface area contributed by atoms with Crippen molar-refractivity contribution in [2.75, 3.05) is 0 Å². The Morgan fingerprint density at radius 1 is 1.00 bits per heavy atom. The molecule has 2 N–H and O–H groups in total. The van der Waals surface area contributed by atoms with Crippen LogP contribution in [-0.4, -0.2) is 0 Å². The number of rotatable bonds is 4. The molecule has 0 bridgehead atoms. The average molecular weight is 231 g/mol. The Morgan fingerprint density at radius 2 is 1.71 bits per heavy atom. The van der Waals surface area contributed by atoms with Gasteiger partial charge in [-0.15, -0.1) is 0 Å². The minimum Gasteiger partial charge on any atom is -0.489 e. The van der Waals surface area contributed by atoms with Crippen LogP contribution in [-0.2, 0) is 13.2 Å². The van der Waals surface area contributed by atoms with E-state index in [1.54, 1.807) is 0 Å². The van der Waals surface area contributed by atoms with Gasteiger partial charge in [0.25, 0.3) is 0 Å². The van der Waals surface area contributed by atoms with Crippen molar-refractivity contribution in [3.63, 3.8) is 0 Å². The van der Waals surface area contributed by atoms with Crippen LogP contribution in [0.3, 0.4) is 0 Å². The Bertz CT molecular complexity index is 485. The summed E-state index contributed by atoms with van der Waals surface area (Å²) in [5.41, 5.74) is 7.05. The summed E-state index contributed by atoms with van der Waals surface area (Å²) < 4.78 is 18.8. The monoisotopic (exact) mass is 231 g/mol. The second-order valence-electron chi connectivity index (χ2n) is 3.77. The van der Waals surface area contributed by atoms with E-state index < -0.39 is 0 Å². The molecule has 0 unspecified atom stereocenters. The smallest absolute Gasteiger partial charge is 0.123 e. The summed E-state index contributed by atoms with van der Waals surface area (Å²) in [4.78, 5) is 0. The summed E-state index contributed by atoms with van der Waals surface area (Å²) in [6.45, 7) is 0.671. The van der Waals surface area contributed by atoms with Gasteiger partial charge < -0.3 is 10.5 Å². The second-order valence-corrected chi connectivity index (χ2v) is 3.77. The van der Waals surface area contributed by atoms with Crippen LogP contribution in [0.4, 0.5) is 4.39 Å². The number of ether oxygens (including phenoxy) is 1.